The Balaban J connectivity index is 1.47. The molecular formula is C21H29N3O5S. The summed E-state index contributed by atoms with van der Waals surface area (Å²) in [4.78, 5) is 17.3. The van der Waals surface area contributed by atoms with Crippen molar-refractivity contribution in [3.8, 4) is 5.75 Å². The van der Waals surface area contributed by atoms with E-state index < -0.39 is 10.0 Å². The second kappa shape index (κ2) is 9.05. The van der Waals surface area contributed by atoms with Crippen molar-refractivity contribution >= 4 is 15.9 Å². The molecule has 3 aliphatic rings. The van der Waals surface area contributed by atoms with E-state index in [0.29, 0.717) is 43.7 Å². The molecule has 1 atom stereocenters. The molecule has 3 heterocycles. The molecule has 164 valence electrons. The lowest BCUT2D eigenvalue weighted by atomic mass is 10.1. The number of likely N-dealkylation sites (tertiary alicyclic amines) is 1. The Morgan fingerprint density at radius 1 is 1.17 bits per heavy atom. The summed E-state index contributed by atoms with van der Waals surface area (Å²) in [6, 6.07) is 5.39. The molecule has 3 aliphatic heterocycles. The highest BCUT2D eigenvalue weighted by atomic mass is 32.2. The molecule has 9 heteroatoms. The zero-order chi connectivity index (χ0) is 21.1. The van der Waals surface area contributed by atoms with Crippen molar-refractivity contribution in [1.29, 1.82) is 0 Å². The number of ether oxygens (including phenoxy) is 2. The van der Waals surface area contributed by atoms with Gasteiger partial charge in [0.15, 0.2) is 0 Å². The molecule has 0 aromatic heterocycles. The van der Waals surface area contributed by atoms with Crippen LogP contribution in [0.15, 0.2) is 35.2 Å². The highest BCUT2D eigenvalue weighted by Crippen LogP contribution is 2.29. The number of hydrogen-bond acceptors (Lipinski definition) is 6. The summed E-state index contributed by atoms with van der Waals surface area (Å²) in [5.41, 5.74) is 0.680. The molecule has 8 nitrogen and oxygen atoms in total. The van der Waals surface area contributed by atoms with Gasteiger partial charge in [-0.25, -0.2) is 8.42 Å². The molecule has 0 saturated carbocycles. The van der Waals surface area contributed by atoms with Gasteiger partial charge in [-0.15, -0.1) is 0 Å². The molecular weight excluding hydrogens is 406 g/mol. The van der Waals surface area contributed by atoms with Crippen LogP contribution in [0.4, 0.5) is 0 Å². The molecule has 2 saturated heterocycles. The SMILES string of the molecule is COc1ccc(CC(=O)N2CC[C@@H](N3CC=CC3)C2)cc1S(=O)(=O)N1CCOCC1. The molecule has 0 spiro atoms. The summed E-state index contributed by atoms with van der Waals surface area (Å²) < 4.78 is 38.3. The average Bonchev–Trinajstić information content (AvgIpc) is 3.46. The maximum Gasteiger partial charge on any atom is 0.246 e. The molecule has 0 unspecified atom stereocenters. The van der Waals surface area contributed by atoms with Gasteiger partial charge < -0.3 is 14.4 Å². The Morgan fingerprint density at radius 3 is 2.60 bits per heavy atom. The van der Waals surface area contributed by atoms with E-state index >= 15 is 0 Å². The number of morpholine rings is 1. The van der Waals surface area contributed by atoms with Gasteiger partial charge in [-0.05, 0) is 24.1 Å². The van der Waals surface area contributed by atoms with Crippen molar-refractivity contribution in [3.63, 3.8) is 0 Å². The third-order valence-electron chi connectivity index (χ3n) is 6.05. The van der Waals surface area contributed by atoms with E-state index in [-0.39, 0.29) is 17.2 Å². The van der Waals surface area contributed by atoms with Crippen LogP contribution in [0.1, 0.15) is 12.0 Å². The van der Waals surface area contributed by atoms with Gasteiger partial charge >= 0.3 is 0 Å². The van der Waals surface area contributed by atoms with Crippen LogP contribution in [0.5, 0.6) is 5.75 Å². The first-order chi connectivity index (χ1) is 14.5. The van der Waals surface area contributed by atoms with Gasteiger partial charge in [-0.3, -0.25) is 9.69 Å². The van der Waals surface area contributed by atoms with E-state index in [1.165, 1.54) is 11.4 Å². The summed E-state index contributed by atoms with van der Waals surface area (Å²) >= 11 is 0. The molecule has 4 rings (SSSR count). The molecule has 0 bridgehead atoms. The largest absolute Gasteiger partial charge is 0.495 e. The maximum absolute atomic E-state index is 13.1. The molecule has 0 N–H and O–H groups in total. The molecule has 2 fully saturated rings. The van der Waals surface area contributed by atoms with Gasteiger partial charge in [0.1, 0.15) is 10.6 Å². The van der Waals surface area contributed by atoms with Gasteiger partial charge in [0.05, 0.1) is 26.7 Å². The van der Waals surface area contributed by atoms with E-state index in [1.807, 2.05) is 4.90 Å². The summed E-state index contributed by atoms with van der Waals surface area (Å²) in [7, 11) is -2.26. The minimum absolute atomic E-state index is 0.0320. The van der Waals surface area contributed by atoms with Crippen LogP contribution in [-0.4, -0.2) is 94.1 Å². The first kappa shape index (κ1) is 21.3. The smallest absolute Gasteiger partial charge is 0.246 e. The normalized spacial score (nSPS) is 23.2. The fraction of sp³-hybridized carbons (Fsp3) is 0.571. The third kappa shape index (κ3) is 4.39. The maximum atomic E-state index is 13.1. The highest BCUT2D eigenvalue weighted by molar-refractivity contribution is 7.89. The molecule has 0 radical (unpaired) electrons. The van der Waals surface area contributed by atoms with Crippen LogP contribution < -0.4 is 4.74 Å². The molecule has 1 aromatic carbocycles. The number of methoxy groups -OCH3 is 1. The zero-order valence-electron chi connectivity index (χ0n) is 17.3. The second-order valence-corrected chi connectivity index (χ2v) is 9.79. The number of sulfonamides is 1. The van der Waals surface area contributed by atoms with Gasteiger partial charge in [-0.1, -0.05) is 18.2 Å². The minimum atomic E-state index is -3.71. The molecule has 1 aromatic rings. The predicted molar refractivity (Wildman–Crippen MR) is 112 cm³/mol. The fourth-order valence-electron chi connectivity index (χ4n) is 4.30. The number of carbonyl (C=O) groups excluding carboxylic acids is 1. The van der Waals surface area contributed by atoms with Gasteiger partial charge in [-0.2, -0.15) is 4.31 Å². The summed E-state index contributed by atoms with van der Waals surface area (Å²) in [6.07, 6.45) is 5.49. The van der Waals surface area contributed by atoms with Crippen LogP contribution in [0.2, 0.25) is 0 Å². The predicted octanol–water partition coefficient (Wildman–Crippen LogP) is 0.731. The highest BCUT2D eigenvalue weighted by Gasteiger charge is 2.32. The lowest BCUT2D eigenvalue weighted by molar-refractivity contribution is -0.129. The van der Waals surface area contributed by atoms with Crippen molar-refractivity contribution in [3.05, 3.63) is 35.9 Å². The average molecular weight is 436 g/mol. The topological polar surface area (TPSA) is 79.4 Å². The van der Waals surface area contributed by atoms with E-state index in [9.17, 15) is 13.2 Å². The lowest BCUT2D eigenvalue weighted by Crippen LogP contribution is -2.40. The number of nitrogens with zero attached hydrogens (tertiary/aromatic N) is 3. The van der Waals surface area contributed by atoms with Crippen LogP contribution in [-0.2, 0) is 26.0 Å². The fourth-order valence-corrected chi connectivity index (χ4v) is 5.92. The van der Waals surface area contributed by atoms with Crippen molar-refractivity contribution < 1.29 is 22.7 Å². The number of amides is 1. The van der Waals surface area contributed by atoms with Crippen molar-refractivity contribution in [2.24, 2.45) is 0 Å². The Hall–Kier alpha value is -1.94. The monoisotopic (exact) mass is 435 g/mol. The van der Waals surface area contributed by atoms with E-state index in [0.717, 1.165) is 32.6 Å². The number of hydrogen-bond donors (Lipinski definition) is 0. The van der Waals surface area contributed by atoms with Crippen molar-refractivity contribution in [2.75, 3.05) is 59.6 Å². The van der Waals surface area contributed by atoms with Gasteiger partial charge in [0.2, 0.25) is 15.9 Å². The van der Waals surface area contributed by atoms with Crippen LogP contribution in [0.3, 0.4) is 0 Å². The Bertz CT molecular complexity index is 903. The van der Waals surface area contributed by atoms with Crippen LogP contribution in [0.25, 0.3) is 0 Å². The summed E-state index contributed by atoms with van der Waals surface area (Å²) in [5, 5.41) is 0. The molecule has 30 heavy (non-hydrogen) atoms. The van der Waals surface area contributed by atoms with Crippen LogP contribution >= 0.6 is 0 Å². The van der Waals surface area contributed by atoms with E-state index in [2.05, 4.69) is 17.1 Å². The minimum Gasteiger partial charge on any atom is -0.495 e. The van der Waals surface area contributed by atoms with Gasteiger partial charge in [0.25, 0.3) is 0 Å². The standard InChI is InChI=1S/C21H29N3O5S/c1-28-19-5-4-17(14-20(19)30(26,27)24-10-12-29-13-11-24)15-21(25)23-9-6-18(16-23)22-7-2-3-8-22/h2-5,14,18H,6-13,15-16H2,1H3/t18-/m1/s1. The molecule has 1 amide bonds. The first-order valence-electron chi connectivity index (χ1n) is 10.4. The first-order valence-corrected chi connectivity index (χ1v) is 11.8. The summed E-state index contributed by atoms with van der Waals surface area (Å²) in [6.45, 7) is 4.77. The van der Waals surface area contributed by atoms with Crippen LogP contribution in [0, 0.1) is 0 Å². The Labute approximate surface area is 178 Å². The number of carbonyl (C=O) groups is 1. The zero-order valence-corrected chi connectivity index (χ0v) is 18.1. The summed E-state index contributed by atoms with van der Waals surface area (Å²) in [5.74, 6) is 0.324. The quantitative estimate of drug-likeness (QED) is 0.613. The second-order valence-electron chi connectivity index (χ2n) is 7.89. The van der Waals surface area contributed by atoms with Crippen molar-refractivity contribution in [1.82, 2.24) is 14.1 Å². The Kier molecular flexibility index (Phi) is 6.43. The Morgan fingerprint density at radius 2 is 1.90 bits per heavy atom. The van der Waals surface area contributed by atoms with Gasteiger partial charge in [0, 0.05) is 45.3 Å². The lowest BCUT2D eigenvalue weighted by Gasteiger charge is -2.27. The molecule has 0 aliphatic carbocycles. The third-order valence-corrected chi connectivity index (χ3v) is 7.97. The number of benzene rings is 1. The van der Waals surface area contributed by atoms with E-state index in [4.69, 9.17) is 9.47 Å². The van der Waals surface area contributed by atoms with Crippen molar-refractivity contribution in [2.45, 2.75) is 23.8 Å². The van der Waals surface area contributed by atoms with E-state index in [1.54, 1.807) is 18.2 Å². The number of rotatable bonds is 6.